The maximum atomic E-state index is 8.92. The van der Waals surface area contributed by atoms with Crippen molar-refractivity contribution >= 4 is 17.7 Å². The third-order valence-corrected chi connectivity index (χ3v) is 0.979. The number of nitrogens with one attached hydrogen (secondary N) is 2. The van der Waals surface area contributed by atoms with Crippen molar-refractivity contribution in [3.63, 3.8) is 0 Å². The summed E-state index contributed by atoms with van der Waals surface area (Å²) in [6.45, 7) is 0. The second-order valence-electron chi connectivity index (χ2n) is 2.01. The smallest absolute Gasteiger partial charge is 0.234 e. The molecule has 0 aliphatic carbocycles. The maximum Gasteiger partial charge on any atom is 0.234 e. The first-order valence-corrected chi connectivity index (χ1v) is 3.02. The number of nitrogens with two attached hydrogens (primary N) is 2. The van der Waals surface area contributed by atoms with Crippen LogP contribution in [0.1, 0.15) is 0 Å². The fourth-order valence-electron chi connectivity index (χ4n) is 0.629. The number of aromatic hydroxyl groups is 1. The van der Waals surface area contributed by atoms with Crippen molar-refractivity contribution in [2.24, 2.45) is 5.73 Å². The Morgan fingerprint density at radius 3 is 2.75 bits per heavy atom. The lowest BCUT2D eigenvalue weighted by Gasteiger charge is -2.02. The van der Waals surface area contributed by atoms with Crippen LogP contribution >= 0.6 is 0 Å². The van der Waals surface area contributed by atoms with Gasteiger partial charge in [0.1, 0.15) is 5.82 Å². The van der Waals surface area contributed by atoms with Crippen LogP contribution in [-0.4, -0.2) is 21.0 Å². The Bertz CT molecular complexity index is 291. The molecule has 7 nitrogen and oxygen atoms in total. The van der Waals surface area contributed by atoms with Crippen molar-refractivity contribution in [3.05, 3.63) is 6.07 Å². The van der Waals surface area contributed by atoms with Gasteiger partial charge in [-0.1, -0.05) is 0 Å². The predicted octanol–water partition coefficient (Wildman–Crippen LogP) is -0.930. The Hall–Kier alpha value is -2.05. The van der Waals surface area contributed by atoms with Gasteiger partial charge in [-0.3, -0.25) is 10.7 Å². The van der Waals surface area contributed by atoms with Crippen LogP contribution in [0.5, 0.6) is 5.88 Å². The molecule has 0 radical (unpaired) electrons. The van der Waals surface area contributed by atoms with Gasteiger partial charge in [0.25, 0.3) is 0 Å². The van der Waals surface area contributed by atoms with Crippen LogP contribution in [0.4, 0.5) is 11.8 Å². The highest BCUT2D eigenvalue weighted by atomic mass is 16.3. The van der Waals surface area contributed by atoms with E-state index < -0.39 is 0 Å². The van der Waals surface area contributed by atoms with Gasteiger partial charge in [-0.05, 0) is 0 Å². The van der Waals surface area contributed by atoms with Gasteiger partial charge < -0.3 is 16.6 Å². The number of guanidine groups is 1. The van der Waals surface area contributed by atoms with Crippen molar-refractivity contribution in [1.29, 1.82) is 5.41 Å². The molecule has 64 valence electrons. The number of hydrogen-bond acceptors (Lipinski definition) is 5. The lowest BCUT2D eigenvalue weighted by atomic mass is 10.6. The second-order valence-corrected chi connectivity index (χ2v) is 2.01. The molecule has 0 atom stereocenters. The standard InChI is InChI=1S/C5H8N6O/c6-2-1-3(12)10-5(9-2)11-4(7)8/h1H,(H7,6,7,8,9,10,11,12). The zero-order valence-electron chi connectivity index (χ0n) is 6.07. The Morgan fingerprint density at radius 2 is 2.25 bits per heavy atom. The van der Waals surface area contributed by atoms with E-state index in [-0.39, 0.29) is 23.6 Å². The monoisotopic (exact) mass is 168 g/mol. The molecule has 0 aliphatic rings. The molecule has 0 spiro atoms. The SMILES string of the molecule is N=C(N)Nc1nc(N)cc(O)n1. The third kappa shape index (κ3) is 1.97. The van der Waals surface area contributed by atoms with Gasteiger partial charge >= 0.3 is 0 Å². The van der Waals surface area contributed by atoms with Crippen LogP contribution in [0.15, 0.2) is 6.07 Å². The molecule has 7 N–H and O–H groups in total. The molecule has 7 heteroatoms. The highest BCUT2D eigenvalue weighted by Crippen LogP contribution is 2.10. The minimum atomic E-state index is -0.319. The molecule has 0 saturated heterocycles. The Morgan fingerprint density at radius 1 is 1.58 bits per heavy atom. The van der Waals surface area contributed by atoms with E-state index >= 15 is 0 Å². The number of nitrogens with zero attached hydrogens (tertiary/aromatic N) is 2. The maximum absolute atomic E-state index is 8.92. The van der Waals surface area contributed by atoms with Crippen LogP contribution in [0.3, 0.4) is 0 Å². The first-order valence-electron chi connectivity index (χ1n) is 3.02. The van der Waals surface area contributed by atoms with E-state index in [2.05, 4.69) is 15.3 Å². The van der Waals surface area contributed by atoms with Gasteiger partial charge in [0.05, 0.1) is 0 Å². The second kappa shape index (κ2) is 2.91. The van der Waals surface area contributed by atoms with Crippen LogP contribution in [0.25, 0.3) is 0 Å². The Balaban J connectivity index is 2.93. The van der Waals surface area contributed by atoms with Gasteiger partial charge in [-0.15, -0.1) is 0 Å². The van der Waals surface area contributed by atoms with E-state index in [1.54, 1.807) is 0 Å². The third-order valence-electron chi connectivity index (χ3n) is 0.979. The molecule has 12 heavy (non-hydrogen) atoms. The first-order chi connectivity index (χ1) is 5.58. The summed E-state index contributed by atoms with van der Waals surface area (Å²) in [5.74, 6) is -0.488. The van der Waals surface area contributed by atoms with Crippen LogP contribution in [-0.2, 0) is 0 Å². The van der Waals surface area contributed by atoms with E-state index in [1.807, 2.05) is 0 Å². The molecule has 0 aliphatic heterocycles. The molecule has 0 amide bonds. The summed E-state index contributed by atoms with van der Waals surface area (Å²) < 4.78 is 0. The lowest BCUT2D eigenvalue weighted by molar-refractivity contribution is 0.453. The summed E-state index contributed by atoms with van der Waals surface area (Å²) in [5, 5.41) is 18.0. The molecule has 0 saturated carbocycles. The number of nitrogen functional groups attached to an aromatic ring is 1. The van der Waals surface area contributed by atoms with E-state index in [9.17, 15) is 0 Å². The quantitative estimate of drug-likeness (QED) is 0.271. The van der Waals surface area contributed by atoms with Gasteiger partial charge in [-0.25, -0.2) is 0 Å². The molecule has 1 aromatic heterocycles. The number of anilines is 2. The van der Waals surface area contributed by atoms with Crippen molar-refractivity contribution < 1.29 is 5.11 Å². The van der Waals surface area contributed by atoms with E-state index in [0.29, 0.717) is 0 Å². The zero-order valence-corrected chi connectivity index (χ0v) is 6.07. The molecule has 1 aromatic rings. The Kier molecular flexibility index (Phi) is 1.95. The molecule has 0 unspecified atom stereocenters. The Labute approximate surface area is 67.9 Å². The number of hydrogen-bond donors (Lipinski definition) is 5. The lowest BCUT2D eigenvalue weighted by Crippen LogP contribution is -2.22. The van der Waals surface area contributed by atoms with Gasteiger partial charge in [0, 0.05) is 6.07 Å². The fourth-order valence-corrected chi connectivity index (χ4v) is 0.629. The minimum absolute atomic E-state index is 0.000000000000000444. The van der Waals surface area contributed by atoms with Gasteiger partial charge in [-0.2, -0.15) is 9.97 Å². The molecular weight excluding hydrogens is 160 g/mol. The van der Waals surface area contributed by atoms with Crippen LogP contribution < -0.4 is 16.8 Å². The molecule has 0 bridgehead atoms. The predicted molar refractivity (Wildman–Crippen MR) is 43.6 cm³/mol. The van der Waals surface area contributed by atoms with Crippen molar-refractivity contribution in [2.75, 3.05) is 11.1 Å². The summed E-state index contributed by atoms with van der Waals surface area (Å²) in [6, 6.07) is 1.19. The van der Waals surface area contributed by atoms with Gasteiger partial charge in [0.15, 0.2) is 5.96 Å². The van der Waals surface area contributed by atoms with E-state index in [1.165, 1.54) is 6.07 Å². The average Bonchev–Trinajstić information content (AvgIpc) is 1.81. The van der Waals surface area contributed by atoms with E-state index in [0.717, 1.165) is 0 Å². The molecule has 1 heterocycles. The van der Waals surface area contributed by atoms with Crippen LogP contribution in [0.2, 0.25) is 0 Å². The zero-order chi connectivity index (χ0) is 9.14. The van der Waals surface area contributed by atoms with Crippen molar-refractivity contribution in [1.82, 2.24) is 9.97 Å². The summed E-state index contributed by atoms with van der Waals surface area (Å²) in [6.07, 6.45) is 0. The van der Waals surface area contributed by atoms with Crippen LogP contribution in [0, 0.1) is 5.41 Å². The number of rotatable bonds is 1. The van der Waals surface area contributed by atoms with Crippen molar-refractivity contribution in [3.8, 4) is 5.88 Å². The molecule has 0 fully saturated rings. The molecular formula is C5H8N6O. The van der Waals surface area contributed by atoms with Gasteiger partial charge in [0.2, 0.25) is 11.8 Å². The fraction of sp³-hybridized carbons (Fsp3) is 0. The summed E-state index contributed by atoms with van der Waals surface area (Å²) >= 11 is 0. The highest BCUT2D eigenvalue weighted by molar-refractivity contribution is 5.87. The average molecular weight is 168 g/mol. The number of aromatic nitrogens is 2. The molecule has 1 rings (SSSR count). The topological polar surface area (TPSA) is 134 Å². The summed E-state index contributed by atoms with van der Waals surface area (Å²) in [4.78, 5) is 7.16. The minimum Gasteiger partial charge on any atom is -0.493 e. The highest BCUT2D eigenvalue weighted by Gasteiger charge is 2.00. The normalized spacial score (nSPS) is 9.33. The summed E-state index contributed by atoms with van der Waals surface area (Å²) in [7, 11) is 0. The van der Waals surface area contributed by atoms with Crippen molar-refractivity contribution in [2.45, 2.75) is 0 Å². The van der Waals surface area contributed by atoms with E-state index in [4.69, 9.17) is 22.0 Å². The first kappa shape index (κ1) is 8.05. The molecule has 0 aromatic carbocycles. The largest absolute Gasteiger partial charge is 0.493 e. The summed E-state index contributed by atoms with van der Waals surface area (Å²) in [5.41, 5.74) is 10.3.